The number of nitrogens with two attached hydrogens (primary N) is 1. The van der Waals surface area contributed by atoms with Gasteiger partial charge in [0.25, 0.3) is 0 Å². The number of nitrogens with one attached hydrogen (secondary N) is 1. The molecule has 10 heteroatoms. The number of halogens is 3. The molecule has 4 heterocycles. The van der Waals surface area contributed by atoms with E-state index in [1.165, 1.54) is 10.6 Å². The van der Waals surface area contributed by atoms with Gasteiger partial charge in [0.05, 0.1) is 34.9 Å². The molecule has 3 unspecified atom stereocenters. The molecule has 2 fully saturated rings. The van der Waals surface area contributed by atoms with E-state index >= 15 is 13.2 Å². The van der Waals surface area contributed by atoms with Crippen molar-refractivity contribution in [2.75, 3.05) is 18.5 Å². The summed E-state index contributed by atoms with van der Waals surface area (Å²) in [5.74, 6) is -0.553. The average Bonchev–Trinajstić information content (AvgIpc) is 3.30. The number of pyridine rings is 1. The number of hydrogen-bond acceptors (Lipinski definition) is 6. The minimum atomic E-state index is -1.82. The van der Waals surface area contributed by atoms with Crippen LogP contribution < -0.4 is 11.1 Å². The summed E-state index contributed by atoms with van der Waals surface area (Å²) < 4.78 is 52.7. The minimum Gasteiger partial charge on any atom is -0.381 e. The van der Waals surface area contributed by atoms with Crippen LogP contribution in [0.4, 0.5) is 24.8 Å². The first kappa shape index (κ1) is 25.8. The molecule has 3 aromatic heterocycles. The van der Waals surface area contributed by atoms with Crippen LogP contribution in [0.15, 0.2) is 48.9 Å². The second-order valence-electron chi connectivity index (χ2n) is 10.9. The molecule has 0 bridgehead atoms. The fourth-order valence-electron chi connectivity index (χ4n) is 6.06. The van der Waals surface area contributed by atoms with E-state index in [1.807, 2.05) is 6.07 Å². The van der Waals surface area contributed by atoms with Crippen molar-refractivity contribution in [3.05, 3.63) is 71.7 Å². The Labute approximate surface area is 224 Å². The third-order valence-electron chi connectivity index (χ3n) is 8.01. The molecule has 1 saturated heterocycles. The summed E-state index contributed by atoms with van der Waals surface area (Å²) in [5.41, 5.74) is 6.76. The molecule has 1 saturated carbocycles. The third-order valence-corrected chi connectivity index (χ3v) is 8.01. The average molecular weight is 537 g/mol. The predicted octanol–water partition coefficient (Wildman–Crippen LogP) is 6.02. The summed E-state index contributed by atoms with van der Waals surface area (Å²) in [5, 5.41) is 7.83. The molecule has 0 radical (unpaired) electrons. The molecule has 204 valence electrons. The van der Waals surface area contributed by atoms with Crippen molar-refractivity contribution >= 4 is 17.2 Å². The zero-order valence-corrected chi connectivity index (χ0v) is 21.7. The van der Waals surface area contributed by atoms with Gasteiger partial charge in [-0.3, -0.25) is 4.98 Å². The number of rotatable bonds is 5. The number of benzene rings is 1. The van der Waals surface area contributed by atoms with E-state index in [4.69, 9.17) is 10.5 Å². The van der Waals surface area contributed by atoms with Gasteiger partial charge in [0, 0.05) is 38.3 Å². The van der Waals surface area contributed by atoms with Crippen LogP contribution in [0, 0.1) is 17.6 Å². The highest BCUT2D eigenvalue weighted by molar-refractivity contribution is 5.66. The first-order valence-corrected chi connectivity index (χ1v) is 13.4. The maximum Gasteiger partial charge on any atom is 0.229 e. The lowest BCUT2D eigenvalue weighted by molar-refractivity contribution is -0.0117. The normalized spacial score (nSPS) is 23.2. The van der Waals surface area contributed by atoms with Gasteiger partial charge in [-0.1, -0.05) is 6.92 Å². The Bertz CT molecular complexity index is 1470. The number of imidazole rings is 1. The Morgan fingerprint density at radius 2 is 1.82 bits per heavy atom. The first-order valence-electron chi connectivity index (χ1n) is 13.4. The van der Waals surface area contributed by atoms with Crippen molar-refractivity contribution < 1.29 is 17.9 Å². The number of aromatic nitrogens is 4. The number of alkyl halides is 1. The lowest BCUT2D eigenvalue weighted by Gasteiger charge is -2.32. The van der Waals surface area contributed by atoms with E-state index in [0.717, 1.165) is 42.6 Å². The molecule has 3 atom stereocenters. The highest BCUT2D eigenvalue weighted by atomic mass is 19.1. The van der Waals surface area contributed by atoms with E-state index in [2.05, 4.69) is 27.3 Å². The molecule has 0 amide bonds. The van der Waals surface area contributed by atoms with Crippen LogP contribution in [0.3, 0.4) is 0 Å². The van der Waals surface area contributed by atoms with Crippen molar-refractivity contribution in [2.45, 2.75) is 56.7 Å². The maximum atomic E-state index is 15.4. The van der Waals surface area contributed by atoms with Gasteiger partial charge in [-0.15, -0.1) is 0 Å². The molecule has 1 aromatic carbocycles. The highest BCUT2D eigenvalue weighted by Gasteiger charge is 2.36. The summed E-state index contributed by atoms with van der Waals surface area (Å²) in [6.07, 6.45) is 8.17. The first-order chi connectivity index (χ1) is 18.8. The fourth-order valence-corrected chi connectivity index (χ4v) is 6.06. The smallest absolute Gasteiger partial charge is 0.229 e. The summed E-state index contributed by atoms with van der Waals surface area (Å²) in [6.45, 7) is 2.64. The molecule has 1 aliphatic carbocycles. The predicted molar refractivity (Wildman–Crippen MR) is 142 cm³/mol. The molecule has 1 aliphatic heterocycles. The SMILES string of the molecule is CC1CC(N)CC(c2ccncc2Nc2ncc3ccc(-c4c(F)cc(C5(F)CCOCC5)cc4F)nn23)C1. The van der Waals surface area contributed by atoms with E-state index in [9.17, 15) is 0 Å². The van der Waals surface area contributed by atoms with Crippen LogP contribution in [0.25, 0.3) is 16.8 Å². The molecule has 7 nitrogen and oxygen atoms in total. The number of ether oxygens (including phenoxy) is 1. The molecule has 39 heavy (non-hydrogen) atoms. The van der Waals surface area contributed by atoms with Gasteiger partial charge in [-0.25, -0.2) is 18.2 Å². The van der Waals surface area contributed by atoms with Gasteiger partial charge in [-0.05, 0) is 72.6 Å². The fraction of sp³-hybridized carbons (Fsp3) is 0.414. The number of fused-ring (bicyclic) bond motifs is 1. The van der Waals surface area contributed by atoms with Crippen LogP contribution in [0.2, 0.25) is 0 Å². The molecule has 4 aromatic rings. The van der Waals surface area contributed by atoms with Crippen LogP contribution >= 0.6 is 0 Å². The van der Waals surface area contributed by atoms with Crippen LogP contribution in [0.5, 0.6) is 0 Å². The summed E-state index contributed by atoms with van der Waals surface area (Å²) >= 11 is 0. The van der Waals surface area contributed by atoms with Crippen molar-refractivity contribution in [3.8, 4) is 11.3 Å². The zero-order valence-electron chi connectivity index (χ0n) is 21.7. The van der Waals surface area contributed by atoms with Crippen molar-refractivity contribution in [2.24, 2.45) is 11.7 Å². The molecule has 6 rings (SSSR count). The lowest BCUT2D eigenvalue weighted by atomic mass is 9.76. The summed E-state index contributed by atoms with van der Waals surface area (Å²) in [4.78, 5) is 8.75. The van der Waals surface area contributed by atoms with Crippen LogP contribution in [-0.2, 0) is 10.4 Å². The lowest BCUT2D eigenvalue weighted by Crippen LogP contribution is -2.31. The number of anilines is 2. The van der Waals surface area contributed by atoms with Gasteiger partial charge in [0.2, 0.25) is 5.95 Å². The van der Waals surface area contributed by atoms with Crippen molar-refractivity contribution in [1.29, 1.82) is 0 Å². The van der Waals surface area contributed by atoms with Gasteiger partial charge in [-0.2, -0.15) is 9.61 Å². The Morgan fingerprint density at radius 1 is 1.05 bits per heavy atom. The second-order valence-corrected chi connectivity index (χ2v) is 10.9. The van der Waals surface area contributed by atoms with E-state index in [1.54, 1.807) is 24.7 Å². The van der Waals surface area contributed by atoms with Crippen LogP contribution in [0.1, 0.15) is 56.1 Å². The van der Waals surface area contributed by atoms with E-state index in [0.29, 0.717) is 17.4 Å². The zero-order chi connectivity index (χ0) is 27.1. The van der Waals surface area contributed by atoms with Crippen molar-refractivity contribution in [3.63, 3.8) is 0 Å². The van der Waals surface area contributed by atoms with Gasteiger partial charge in [0.15, 0.2) is 0 Å². The monoisotopic (exact) mass is 536 g/mol. The maximum absolute atomic E-state index is 15.4. The summed E-state index contributed by atoms with van der Waals surface area (Å²) in [7, 11) is 0. The summed E-state index contributed by atoms with van der Waals surface area (Å²) in [6, 6.07) is 7.50. The Morgan fingerprint density at radius 3 is 2.56 bits per heavy atom. The molecular formula is C29H31F3N6O. The molecule has 0 spiro atoms. The molecular weight excluding hydrogens is 505 g/mol. The highest BCUT2D eigenvalue weighted by Crippen LogP contribution is 2.40. The Balaban J connectivity index is 1.33. The van der Waals surface area contributed by atoms with Crippen LogP contribution in [-0.4, -0.2) is 38.8 Å². The van der Waals surface area contributed by atoms with E-state index in [-0.39, 0.29) is 54.8 Å². The standard InChI is InChI=1S/C29H31F3N6O/c1-17-10-18(12-20(33)11-17)22-4-7-34-16-26(22)36-28-35-15-21-2-3-25(37-38(21)28)27-23(30)13-19(14-24(27)31)29(32)5-8-39-9-6-29/h2-4,7,13-18,20H,5-6,8-12,33H2,1H3,(H,35,36). The second kappa shape index (κ2) is 10.2. The minimum absolute atomic E-state index is 0.0172. The van der Waals surface area contributed by atoms with Crippen molar-refractivity contribution in [1.82, 2.24) is 19.6 Å². The topological polar surface area (TPSA) is 90.4 Å². The van der Waals surface area contributed by atoms with Gasteiger partial charge >= 0.3 is 0 Å². The third kappa shape index (κ3) is 4.98. The van der Waals surface area contributed by atoms with Gasteiger partial charge in [0.1, 0.15) is 17.3 Å². The Hall–Kier alpha value is -3.50. The quantitative estimate of drug-likeness (QED) is 0.324. The van der Waals surface area contributed by atoms with E-state index < -0.39 is 17.3 Å². The molecule has 2 aliphatic rings. The number of hydrogen-bond donors (Lipinski definition) is 2. The number of nitrogens with zero attached hydrogens (tertiary/aromatic N) is 4. The van der Waals surface area contributed by atoms with Gasteiger partial charge < -0.3 is 15.8 Å². The Kier molecular flexibility index (Phi) is 6.76. The largest absolute Gasteiger partial charge is 0.381 e. The molecule has 3 N–H and O–H groups in total.